The number of nitrogens with one attached hydrogen (secondary N) is 1. The maximum atomic E-state index is 12.7. The Hall–Kier alpha value is -2.45. The summed E-state index contributed by atoms with van der Waals surface area (Å²) in [6, 6.07) is 3.54. The quantitative estimate of drug-likeness (QED) is 0.901. The summed E-state index contributed by atoms with van der Waals surface area (Å²) in [7, 11) is 0. The number of nitrogen functional groups attached to an aromatic ring is 1. The maximum Gasteiger partial charge on any atom is 0.433 e. The normalized spacial score (nSPS) is 14.9. The van der Waals surface area contributed by atoms with Crippen LogP contribution in [0.1, 0.15) is 18.5 Å². The number of nitrogens with two attached hydrogens (primary N) is 1. The lowest BCUT2D eigenvalue weighted by atomic mass is 10.3. The topological polar surface area (TPSA) is 89.6 Å². The molecule has 0 saturated heterocycles. The molecule has 0 atom stereocenters. The van der Waals surface area contributed by atoms with Gasteiger partial charge in [-0.3, -0.25) is 0 Å². The Bertz CT molecular complexity index is 684. The second-order valence-electron chi connectivity index (χ2n) is 5.07. The lowest BCUT2D eigenvalue weighted by Gasteiger charge is -2.09. The first-order chi connectivity index (χ1) is 10.4. The Labute approximate surface area is 124 Å². The van der Waals surface area contributed by atoms with Gasteiger partial charge in [0.2, 0.25) is 11.9 Å². The summed E-state index contributed by atoms with van der Waals surface area (Å²) in [5.41, 5.74) is 4.59. The van der Waals surface area contributed by atoms with Crippen LogP contribution in [0.25, 0.3) is 11.5 Å². The predicted molar refractivity (Wildman–Crippen MR) is 73.7 cm³/mol. The minimum absolute atomic E-state index is 0.00148. The summed E-state index contributed by atoms with van der Waals surface area (Å²) >= 11 is 0. The van der Waals surface area contributed by atoms with Crippen molar-refractivity contribution in [1.82, 2.24) is 19.9 Å². The highest BCUT2D eigenvalue weighted by Gasteiger charge is 2.32. The van der Waals surface area contributed by atoms with Crippen molar-refractivity contribution in [2.24, 2.45) is 5.92 Å². The molecular weight excluding hydrogens is 297 g/mol. The van der Waals surface area contributed by atoms with E-state index in [0.29, 0.717) is 12.5 Å². The van der Waals surface area contributed by atoms with Crippen molar-refractivity contribution in [3.05, 3.63) is 23.9 Å². The van der Waals surface area contributed by atoms with Gasteiger partial charge in [0.05, 0.1) is 0 Å². The zero-order valence-electron chi connectivity index (χ0n) is 11.4. The molecule has 0 bridgehead atoms. The van der Waals surface area contributed by atoms with Crippen LogP contribution in [0.15, 0.2) is 18.2 Å². The molecule has 6 nitrogen and oxygen atoms in total. The molecule has 0 unspecified atom stereocenters. The first-order valence-electron chi connectivity index (χ1n) is 6.72. The van der Waals surface area contributed by atoms with Crippen LogP contribution < -0.4 is 11.1 Å². The summed E-state index contributed by atoms with van der Waals surface area (Å²) in [6.07, 6.45) is -2.23. The average molecular weight is 310 g/mol. The van der Waals surface area contributed by atoms with Gasteiger partial charge in [-0.15, -0.1) is 0 Å². The average Bonchev–Trinajstić information content (AvgIpc) is 3.28. The van der Waals surface area contributed by atoms with E-state index >= 15 is 0 Å². The molecule has 2 heterocycles. The van der Waals surface area contributed by atoms with Crippen LogP contribution in [0.3, 0.4) is 0 Å². The van der Waals surface area contributed by atoms with Gasteiger partial charge in [0, 0.05) is 6.54 Å². The molecule has 2 aromatic heterocycles. The second kappa shape index (κ2) is 5.39. The summed E-state index contributed by atoms with van der Waals surface area (Å²) in [4.78, 5) is 15.4. The number of anilines is 2. The maximum absolute atomic E-state index is 12.7. The van der Waals surface area contributed by atoms with Crippen molar-refractivity contribution in [2.45, 2.75) is 19.0 Å². The zero-order chi connectivity index (χ0) is 15.7. The molecule has 1 fully saturated rings. The third kappa shape index (κ3) is 3.41. The smallest absolute Gasteiger partial charge is 0.368 e. The fraction of sp³-hybridized carbons (Fsp3) is 0.385. The Kier molecular flexibility index (Phi) is 3.55. The van der Waals surface area contributed by atoms with Crippen LogP contribution in [0, 0.1) is 5.92 Å². The monoisotopic (exact) mass is 310 g/mol. The van der Waals surface area contributed by atoms with Crippen LogP contribution >= 0.6 is 0 Å². The number of hydrogen-bond donors (Lipinski definition) is 2. The van der Waals surface area contributed by atoms with Crippen LogP contribution in [-0.2, 0) is 6.18 Å². The van der Waals surface area contributed by atoms with E-state index in [4.69, 9.17) is 5.73 Å². The highest BCUT2D eigenvalue weighted by Crippen LogP contribution is 2.30. The van der Waals surface area contributed by atoms with Gasteiger partial charge in [0.25, 0.3) is 0 Å². The minimum Gasteiger partial charge on any atom is -0.368 e. The SMILES string of the molecule is Nc1nc(NCC2CC2)nc(-c2cccc(C(F)(F)F)n2)n1. The van der Waals surface area contributed by atoms with E-state index in [1.54, 1.807) is 0 Å². The molecule has 3 rings (SSSR count). The van der Waals surface area contributed by atoms with E-state index in [2.05, 4.69) is 25.3 Å². The Morgan fingerprint density at radius 3 is 2.59 bits per heavy atom. The summed E-state index contributed by atoms with van der Waals surface area (Å²) in [5.74, 6) is 0.779. The van der Waals surface area contributed by atoms with E-state index in [1.165, 1.54) is 12.1 Å². The molecule has 0 amide bonds. The lowest BCUT2D eigenvalue weighted by Crippen LogP contribution is -2.12. The number of rotatable bonds is 4. The molecular formula is C13H13F3N6. The van der Waals surface area contributed by atoms with Gasteiger partial charge < -0.3 is 11.1 Å². The van der Waals surface area contributed by atoms with E-state index in [0.717, 1.165) is 18.9 Å². The van der Waals surface area contributed by atoms with Crippen LogP contribution in [-0.4, -0.2) is 26.5 Å². The van der Waals surface area contributed by atoms with Gasteiger partial charge in [-0.25, -0.2) is 4.98 Å². The van der Waals surface area contributed by atoms with E-state index < -0.39 is 11.9 Å². The molecule has 0 aliphatic heterocycles. The standard InChI is InChI=1S/C13H13F3N6/c14-13(15,16)9-3-1-2-8(19-9)10-20-11(17)22-12(21-10)18-6-7-4-5-7/h1-3,7H,4-6H2,(H3,17,18,20,21,22). The van der Waals surface area contributed by atoms with Crippen molar-refractivity contribution < 1.29 is 13.2 Å². The van der Waals surface area contributed by atoms with E-state index in [-0.39, 0.29) is 23.4 Å². The fourth-order valence-electron chi connectivity index (χ4n) is 1.86. The highest BCUT2D eigenvalue weighted by atomic mass is 19.4. The van der Waals surface area contributed by atoms with Crippen molar-refractivity contribution in [1.29, 1.82) is 0 Å². The molecule has 1 aliphatic carbocycles. The first kappa shape index (κ1) is 14.5. The lowest BCUT2D eigenvalue weighted by molar-refractivity contribution is -0.141. The van der Waals surface area contributed by atoms with Gasteiger partial charge >= 0.3 is 6.18 Å². The van der Waals surface area contributed by atoms with E-state index in [1.807, 2.05) is 0 Å². The molecule has 1 aliphatic rings. The molecule has 2 aromatic rings. The fourth-order valence-corrected chi connectivity index (χ4v) is 1.86. The number of aromatic nitrogens is 4. The van der Waals surface area contributed by atoms with Crippen molar-refractivity contribution in [3.63, 3.8) is 0 Å². The van der Waals surface area contributed by atoms with Crippen molar-refractivity contribution >= 4 is 11.9 Å². The summed E-state index contributed by atoms with van der Waals surface area (Å²) in [6.45, 7) is 0.707. The molecule has 1 saturated carbocycles. The molecule has 9 heteroatoms. The van der Waals surface area contributed by atoms with Crippen LogP contribution in [0.5, 0.6) is 0 Å². The van der Waals surface area contributed by atoms with Crippen LogP contribution in [0.2, 0.25) is 0 Å². The zero-order valence-corrected chi connectivity index (χ0v) is 11.4. The third-order valence-corrected chi connectivity index (χ3v) is 3.17. The Morgan fingerprint density at radius 2 is 1.91 bits per heavy atom. The summed E-state index contributed by atoms with van der Waals surface area (Å²) < 4.78 is 38.1. The highest BCUT2D eigenvalue weighted by molar-refractivity contribution is 5.53. The van der Waals surface area contributed by atoms with Crippen molar-refractivity contribution in [2.75, 3.05) is 17.6 Å². The molecule has 3 N–H and O–H groups in total. The molecule has 0 spiro atoms. The first-order valence-corrected chi connectivity index (χ1v) is 6.72. The van der Waals surface area contributed by atoms with Gasteiger partial charge in [0.15, 0.2) is 5.82 Å². The molecule has 22 heavy (non-hydrogen) atoms. The Morgan fingerprint density at radius 1 is 1.14 bits per heavy atom. The predicted octanol–water partition coefficient (Wildman–Crippen LogP) is 2.36. The van der Waals surface area contributed by atoms with Gasteiger partial charge in [-0.2, -0.15) is 28.1 Å². The summed E-state index contributed by atoms with van der Waals surface area (Å²) in [5, 5.41) is 3.01. The second-order valence-corrected chi connectivity index (χ2v) is 5.07. The minimum atomic E-state index is -4.53. The van der Waals surface area contributed by atoms with Crippen LogP contribution in [0.4, 0.5) is 25.1 Å². The number of halogens is 3. The molecule has 0 radical (unpaired) electrons. The van der Waals surface area contributed by atoms with Gasteiger partial charge in [-0.1, -0.05) is 6.07 Å². The number of pyridine rings is 1. The number of nitrogens with zero attached hydrogens (tertiary/aromatic N) is 4. The van der Waals surface area contributed by atoms with Gasteiger partial charge in [0.1, 0.15) is 11.4 Å². The largest absolute Gasteiger partial charge is 0.433 e. The molecule has 116 valence electrons. The van der Waals surface area contributed by atoms with E-state index in [9.17, 15) is 13.2 Å². The van der Waals surface area contributed by atoms with Gasteiger partial charge in [-0.05, 0) is 30.9 Å². The Balaban J connectivity index is 1.89. The third-order valence-electron chi connectivity index (χ3n) is 3.17. The number of alkyl halides is 3. The van der Waals surface area contributed by atoms with Crippen molar-refractivity contribution in [3.8, 4) is 11.5 Å². The number of hydrogen-bond acceptors (Lipinski definition) is 6. The molecule has 0 aromatic carbocycles.